The number of nitrogens with zero attached hydrogens (tertiary/aromatic N) is 2. The number of carbonyl (C=O) groups excluding carboxylic acids is 1. The molecule has 5 N–H and O–H groups in total. The molecule has 0 aliphatic rings. The maximum Gasteiger partial charge on any atom is 0.321 e. The molecule has 1 heterocycles. The van der Waals surface area contributed by atoms with Crippen LogP contribution in [0.5, 0.6) is 11.6 Å². The van der Waals surface area contributed by atoms with E-state index in [4.69, 9.17) is 26.0 Å². The number of rotatable bonds is 8. The predicted molar refractivity (Wildman–Crippen MR) is 119 cm³/mol. The summed E-state index contributed by atoms with van der Waals surface area (Å²) < 4.78 is 10.3. The lowest BCUT2D eigenvalue weighted by atomic mass is 10.2. The van der Waals surface area contributed by atoms with Gasteiger partial charge in [-0.1, -0.05) is 23.7 Å². The first kappa shape index (κ1) is 23.1. The van der Waals surface area contributed by atoms with Crippen molar-refractivity contribution in [3.63, 3.8) is 0 Å². The highest BCUT2D eigenvalue weighted by molar-refractivity contribution is 6.30. The molecular formula is C21H22ClN5O5. The van der Waals surface area contributed by atoms with Crippen molar-refractivity contribution in [1.29, 1.82) is 0 Å². The summed E-state index contributed by atoms with van der Waals surface area (Å²) >= 11 is 5.91. The normalized spacial score (nSPS) is 12.2. The number of ether oxygens (including phenoxy) is 1. The Morgan fingerprint density at radius 2 is 1.91 bits per heavy atom. The summed E-state index contributed by atoms with van der Waals surface area (Å²) in [5.41, 5.74) is 1.53. The summed E-state index contributed by atoms with van der Waals surface area (Å²) in [7, 11) is 0. The van der Waals surface area contributed by atoms with E-state index in [1.165, 1.54) is 6.26 Å². The van der Waals surface area contributed by atoms with Crippen LogP contribution in [0.4, 0.5) is 10.5 Å². The lowest BCUT2D eigenvalue weighted by molar-refractivity contribution is 0.0961. The third kappa shape index (κ3) is 7.58. The van der Waals surface area contributed by atoms with Crippen LogP contribution in [0.15, 0.2) is 70.4 Å². The highest BCUT2D eigenvalue weighted by atomic mass is 35.5. The number of amides is 2. The Labute approximate surface area is 188 Å². The zero-order valence-corrected chi connectivity index (χ0v) is 17.6. The molecule has 2 amide bonds. The van der Waals surface area contributed by atoms with E-state index in [1.54, 1.807) is 42.5 Å². The largest absolute Gasteiger partial charge is 0.436 e. The molecule has 2 aromatic carbocycles. The summed E-state index contributed by atoms with van der Waals surface area (Å²) in [4.78, 5) is 16.6. The number of nitrogens with one attached hydrogen (secondary N) is 3. The van der Waals surface area contributed by atoms with Crippen molar-refractivity contribution in [2.24, 2.45) is 4.99 Å². The van der Waals surface area contributed by atoms with Gasteiger partial charge in [-0.15, -0.1) is 0 Å². The number of anilines is 1. The van der Waals surface area contributed by atoms with E-state index in [9.17, 15) is 9.90 Å². The molecule has 0 spiro atoms. The highest BCUT2D eigenvalue weighted by Crippen LogP contribution is 2.21. The van der Waals surface area contributed by atoms with Gasteiger partial charge in [0.15, 0.2) is 0 Å². The van der Waals surface area contributed by atoms with Crippen LogP contribution in [0.1, 0.15) is 5.56 Å². The average Bonchev–Trinajstić information content (AvgIpc) is 3.31. The van der Waals surface area contributed by atoms with Crippen molar-refractivity contribution in [1.82, 2.24) is 15.8 Å². The van der Waals surface area contributed by atoms with Crippen LogP contribution in [-0.4, -0.2) is 46.6 Å². The number of benzene rings is 2. The number of carbonyl (C=O) groups is 1. The summed E-state index contributed by atoms with van der Waals surface area (Å²) in [5, 5.41) is 30.6. The number of aliphatic hydroxyl groups is 2. The molecular weight excluding hydrogens is 438 g/mol. The Balaban J connectivity index is 1.67. The molecule has 3 rings (SSSR count). The average molecular weight is 460 g/mol. The smallest absolute Gasteiger partial charge is 0.321 e. The number of hydrogen-bond acceptors (Lipinski definition) is 7. The predicted octanol–water partition coefficient (Wildman–Crippen LogP) is 2.74. The van der Waals surface area contributed by atoms with Crippen LogP contribution < -0.4 is 20.7 Å². The molecule has 0 bridgehead atoms. The van der Waals surface area contributed by atoms with Crippen molar-refractivity contribution in [3.8, 4) is 11.6 Å². The van der Waals surface area contributed by atoms with Crippen molar-refractivity contribution in [2.75, 3.05) is 18.5 Å². The van der Waals surface area contributed by atoms with Crippen molar-refractivity contribution in [3.05, 3.63) is 71.4 Å². The standard InChI is InChI=1S/C21H22ClN5O5/c22-15-3-1-14(2-4-15)11-23-20(26-21(30)24-12-17(29)13-28)25-16-5-7-18(8-6-16)32-19-9-10-31-27-19/h1-10,17,28-29H,11-13H2,(H3,23,24,25,26,30)/t17-/m0/s1. The molecule has 0 saturated carbocycles. The van der Waals surface area contributed by atoms with Crippen LogP contribution in [-0.2, 0) is 6.54 Å². The van der Waals surface area contributed by atoms with Gasteiger partial charge in [-0.05, 0) is 47.1 Å². The van der Waals surface area contributed by atoms with Gasteiger partial charge in [0.05, 0.1) is 19.3 Å². The SMILES string of the molecule is O=C(NC[C@H](O)CO)NC(=NCc1ccc(Cl)cc1)Nc1ccc(Oc2ccon2)cc1. The summed E-state index contributed by atoms with van der Waals surface area (Å²) in [5.74, 6) is 1.06. The Morgan fingerprint density at radius 3 is 2.56 bits per heavy atom. The van der Waals surface area contributed by atoms with Gasteiger partial charge in [0.2, 0.25) is 5.96 Å². The third-order valence-electron chi connectivity index (χ3n) is 4.03. The second-order valence-electron chi connectivity index (χ2n) is 6.55. The van der Waals surface area contributed by atoms with E-state index in [1.807, 2.05) is 12.1 Å². The lowest BCUT2D eigenvalue weighted by Crippen LogP contribution is -2.45. The van der Waals surface area contributed by atoms with Gasteiger partial charge in [0.1, 0.15) is 12.0 Å². The number of guanidine groups is 1. The molecule has 11 heteroatoms. The third-order valence-corrected chi connectivity index (χ3v) is 4.28. The molecule has 0 aliphatic heterocycles. The van der Waals surface area contributed by atoms with E-state index in [-0.39, 0.29) is 19.0 Å². The van der Waals surface area contributed by atoms with Gasteiger partial charge in [0.25, 0.3) is 5.88 Å². The Kier molecular flexibility index (Phi) is 8.44. The van der Waals surface area contributed by atoms with Crippen LogP contribution in [0, 0.1) is 0 Å². The van der Waals surface area contributed by atoms with E-state index < -0.39 is 18.7 Å². The van der Waals surface area contributed by atoms with Crippen LogP contribution >= 0.6 is 11.6 Å². The maximum absolute atomic E-state index is 12.2. The minimum Gasteiger partial charge on any atom is -0.436 e. The molecule has 0 fully saturated rings. The Hall–Kier alpha value is -3.60. The molecule has 168 valence electrons. The fraction of sp³-hybridized carbons (Fsp3) is 0.190. The summed E-state index contributed by atoms with van der Waals surface area (Å²) in [6, 6.07) is 15.1. The van der Waals surface area contributed by atoms with E-state index in [0.29, 0.717) is 22.3 Å². The van der Waals surface area contributed by atoms with Crippen LogP contribution in [0.3, 0.4) is 0 Å². The first-order chi connectivity index (χ1) is 15.5. The monoisotopic (exact) mass is 459 g/mol. The fourth-order valence-electron chi connectivity index (χ4n) is 2.42. The van der Waals surface area contributed by atoms with E-state index >= 15 is 0 Å². The number of urea groups is 1. The number of aliphatic hydroxyl groups excluding tert-OH is 2. The first-order valence-electron chi connectivity index (χ1n) is 9.60. The molecule has 1 aromatic heterocycles. The number of aromatic nitrogens is 1. The van der Waals surface area contributed by atoms with Gasteiger partial charge in [-0.25, -0.2) is 9.79 Å². The zero-order chi connectivity index (χ0) is 22.8. The molecule has 0 saturated heterocycles. The summed E-state index contributed by atoms with van der Waals surface area (Å²) in [6.45, 7) is -0.286. The molecule has 1 atom stereocenters. The molecule has 10 nitrogen and oxygen atoms in total. The maximum atomic E-state index is 12.2. The van der Waals surface area contributed by atoms with Crippen LogP contribution in [0.25, 0.3) is 0 Å². The van der Waals surface area contributed by atoms with Gasteiger partial charge >= 0.3 is 6.03 Å². The van der Waals surface area contributed by atoms with Gasteiger partial charge < -0.3 is 30.1 Å². The molecule has 0 radical (unpaired) electrons. The number of hydrogen-bond donors (Lipinski definition) is 5. The molecule has 3 aromatic rings. The number of halogens is 1. The molecule has 32 heavy (non-hydrogen) atoms. The zero-order valence-electron chi connectivity index (χ0n) is 16.9. The van der Waals surface area contributed by atoms with Crippen molar-refractivity contribution >= 4 is 29.3 Å². The topological polar surface area (TPSA) is 141 Å². The quantitative estimate of drug-likeness (QED) is 0.257. The fourth-order valence-corrected chi connectivity index (χ4v) is 2.54. The minimum atomic E-state index is -1.06. The summed E-state index contributed by atoms with van der Waals surface area (Å²) in [6.07, 6.45) is 0.353. The molecule has 0 aliphatic carbocycles. The van der Waals surface area contributed by atoms with Crippen LogP contribution in [0.2, 0.25) is 5.02 Å². The van der Waals surface area contributed by atoms with Gasteiger partial charge in [-0.3, -0.25) is 5.32 Å². The van der Waals surface area contributed by atoms with Crippen molar-refractivity contribution < 1.29 is 24.3 Å². The highest BCUT2D eigenvalue weighted by Gasteiger charge is 2.09. The Morgan fingerprint density at radius 1 is 1.16 bits per heavy atom. The lowest BCUT2D eigenvalue weighted by Gasteiger charge is -2.14. The van der Waals surface area contributed by atoms with E-state index in [2.05, 4.69) is 26.1 Å². The minimum absolute atomic E-state index is 0.110. The Bertz CT molecular complexity index is 1010. The van der Waals surface area contributed by atoms with Crippen molar-refractivity contribution in [2.45, 2.75) is 12.6 Å². The number of aliphatic imine (C=N–C) groups is 1. The second kappa shape index (κ2) is 11.7. The first-order valence-corrected chi connectivity index (χ1v) is 9.97. The van der Waals surface area contributed by atoms with Gasteiger partial charge in [0, 0.05) is 23.3 Å². The van der Waals surface area contributed by atoms with E-state index in [0.717, 1.165) is 5.56 Å². The molecule has 0 unspecified atom stereocenters. The van der Waals surface area contributed by atoms with Gasteiger partial charge in [-0.2, -0.15) is 0 Å². The second-order valence-corrected chi connectivity index (χ2v) is 6.99.